The number of carboxylic acids is 1. The number of nitrogens with two attached hydrogens (primary N) is 1. The maximum Gasteiger partial charge on any atom is 0.341 e. The van der Waals surface area contributed by atoms with E-state index >= 15 is 0 Å². The summed E-state index contributed by atoms with van der Waals surface area (Å²) in [5.74, 6) is -3.03. The highest BCUT2D eigenvalue weighted by atomic mass is 19.1. The summed E-state index contributed by atoms with van der Waals surface area (Å²) in [6, 6.07) is 13.4. The van der Waals surface area contributed by atoms with Crippen molar-refractivity contribution in [3.63, 3.8) is 0 Å². The molecule has 30 heavy (non-hydrogen) atoms. The van der Waals surface area contributed by atoms with Gasteiger partial charge in [-0.2, -0.15) is 0 Å². The topological polar surface area (TPSA) is 94.6 Å². The van der Waals surface area contributed by atoms with E-state index in [1.54, 1.807) is 34.9 Å². The van der Waals surface area contributed by atoms with Crippen molar-refractivity contribution >= 4 is 33.7 Å². The van der Waals surface area contributed by atoms with Gasteiger partial charge in [-0.15, -0.1) is 0 Å². The molecular formula is C22H16F2N2O4. The van der Waals surface area contributed by atoms with Gasteiger partial charge in [-0.25, -0.2) is 13.6 Å². The van der Waals surface area contributed by atoms with Gasteiger partial charge in [0.25, 0.3) is 0 Å². The smallest absolute Gasteiger partial charge is 0.341 e. The molecule has 4 rings (SSSR count). The second-order valence-electron chi connectivity index (χ2n) is 6.68. The Morgan fingerprint density at radius 3 is 2.17 bits per heavy atom. The van der Waals surface area contributed by atoms with Crippen LogP contribution < -0.4 is 10.5 Å². The Kier molecular flexibility index (Phi) is 4.83. The van der Waals surface area contributed by atoms with Crippen LogP contribution in [0.5, 0.6) is 5.75 Å². The number of aromatic nitrogens is 1. The number of fused-ring (bicyclic) bond motifs is 3. The number of aliphatic carboxylic acids is 1. The van der Waals surface area contributed by atoms with Gasteiger partial charge in [-0.1, -0.05) is 18.2 Å². The van der Waals surface area contributed by atoms with E-state index in [1.807, 2.05) is 0 Å². The molecule has 8 heteroatoms. The number of carbonyl (C=O) groups is 2. The zero-order chi connectivity index (χ0) is 21.4. The predicted octanol–water partition coefficient (Wildman–Crippen LogP) is 3.68. The van der Waals surface area contributed by atoms with Gasteiger partial charge < -0.3 is 20.1 Å². The van der Waals surface area contributed by atoms with Crippen molar-refractivity contribution in [1.29, 1.82) is 0 Å². The molecule has 1 heterocycles. The number of benzene rings is 3. The first-order chi connectivity index (χ1) is 14.4. The van der Waals surface area contributed by atoms with Crippen molar-refractivity contribution < 1.29 is 28.2 Å². The summed E-state index contributed by atoms with van der Waals surface area (Å²) in [6.07, 6.45) is 0. The first-order valence-electron chi connectivity index (χ1n) is 8.99. The Balaban J connectivity index is 2.05. The van der Waals surface area contributed by atoms with Crippen LogP contribution in [-0.4, -0.2) is 28.2 Å². The maximum atomic E-state index is 14.3. The van der Waals surface area contributed by atoms with Crippen LogP contribution in [0, 0.1) is 11.6 Å². The third kappa shape index (κ3) is 3.22. The zero-order valence-corrected chi connectivity index (χ0v) is 15.6. The van der Waals surface area contributed by atoms with Crippen molar-refractivity contribution in [2.45, 2.75) is 6.54 Å². The Morgan fingerprint density at radius 1 is 0.933 bits per heavy atom. The van der Waals surface area contributed by atoms with Crippen LogP contribution in [-0.2, 0) is 11.3 Å². The lowest BCUT2D eigenvalue weighted by Gasteiger charge is -2.10. The van der Waals surface area contributed by atoms with Gasteiger partial charge >= 0.3 is 5.97 Å². The van der Waals surface area contributed by atoms with Crippen LogP contribution in [0.3, 0.4) is 0 Å². The number of carbonyl (C=O) groups excluding carboxylic acids is 1. The minimum atomic E-state index is -1.17. The summed E-state index contributed by atoms with van der Waals surface area (Å²) in [7, 11) is 0. The molecule has 0 aliphatic heterocycles. The molecule has 3 N–H and O–H groups in total. The third-order valence-corrected chi connectivity index (χ3v) is 4.87. The molecular weight excluding hydrogens is 394 g/mol. The molecule has 152 valence electrons. The fourth-order valence-corrected chi connectivity index (χ4v) is 3.63. The fraction of sp³-hybridized carbons (Fsp3) is 0.0909. The summed E-state index contributed by atoms with van der Waals surface area (Å²) in [4.78, 5) is 23.1. The van der Waals surface area contributed by atoms with Crippen LogP contribution in [0.25, 0.3) is 21.8 Å². The summed E-state index contributed by atoms with van der Waals surface area (Å²) >= 11 is 0. The lowest BCUT2D eigenvalue weighted by molar-refractivity contribution is -0.139. The number of ether oxygens (including phenoxy) is 1. The first-order valence-corrected chi connectivity index (χ1v) is 8.99. The van der Waals surface area contributed by atoms with Crippen molar-refractivity contribution in [3.05, 3.63) is 77.4 Å². The van der Waals surface area contributed by atoms with E-state index in [1.165, 1.54) is 24.3 Å². The highest BCUT2D eigenvalue weighted by Gasteiger charge is 2.21. The van der Waals surface area contributed by atoms with Gasteiger partial charge in [0.05, 0.1) is 23.0 Å². The van der Waals surface area contributed by atoms with Crippen LogP contribution in [0.4, 0.5) is 8.78 Å². The van der Waals surface area contributed by atoms with Crippen molar-refractivity contribution in [2.75, 3.05) is 6.61 Å². The lowest BCUT2D eigenvalue weighted by Crippen LogP contribution is -2.11. The molecule has 0 radical (unpaired) electrons. The molecule has 0 unspecified atom stereocenters. The highest BCUT2D eigenvalue weighted by Crippen LogP contribution is 2.38. The van der Waals surface area contributed by atoms with Gasteiger partial charge in [0.15, 0.2) is 6.61 Å². The molecule has 0 aliphatic rings. The van der Waals surface area contributed by atoms with Gasteiger partial charge in [0, 0.05) is 16.5 Å². The largest absolute Gasteiger partial charge is 0.481 e. The molecule has 0 spiro atoms. The van der Waals surface area contributed by atoms with Crippen LogP contribution in [0.2, 0.25) is 0 Å². The van der Waals surface area contributed by atoms with Gasteiger partial charge in [-0.05, 0) is 36.4 Å². The van der Waals surface area contributed by atoms with Crippen LogP contribution >= 0.6 is 0 Å². The average molecular weight is 410 g/mol. The molecule has 0 saturated carbocycles. The predicted molar refractivity (Wildman–Crippen MR) is 107 cm³/mol. The Morgan fingerprint density at radius 2 is 1.53 bits per heavy atom. The van der Waals surface area contributed by atoms with E-state index in [-0.39, 0.29) is 23.4 Å². The van der Waals surface area contributed by atoms with Crippen molar-refractivity contribution in [3.8, 4) is 5.75 Å². The molecule has 1 amide bonds. The maximum absolute atomic E-state index is 14.3. The standard InChI is InChI=1S/C22H16F2N2O4/c23-14-5-2-6-15(24)13(14)10-26-16-7-1-4-12(22(25)29)20(16)21-17(26)8-3-9-18(21)30-11-19(27)28/h1-9H,10-11H2,(H2,25,29)(H,27,28). The highest BCUT2D eigenvalue weighted by molar-refractivity contribution is 6.19. The summed E-state index contributed by atoms with van der Waals surface area (Å²) in [5.41, 5.74) is 6.63. The van der Waals surface area contributed by atoms with Crippen molar-refractivity contribution in [1.82, 2.24) is 4.57 Å². The summed E-state index contributed by atoms with van der Waals surface area (Å²) in [6.45, 7) is -0.741. The number of halogens is 2. The molecule has 6 nitrogen and oxygen atoms in total. The molecule has 0 atom stereocenters. The number of amides is 1. The normalized spacial score (nSPS) is 11.1. The number of rotatable bonds is 6. The zero-order valence-electron chi connectivity index (χ0n) is 15.6. The fourth-order valence-electron chi connectivity index (χ4n) is 3.63. The molecule has 0 bridgehead atoms. The second-order valence-corrected chi connectivity index (χ2v) is 6.68. The summed E-state index contributed by atoms with van der Waals surface area (Å²) < 4.78 is 35.7. The van der Waals surface area contributed by atoms with E-state index in [0.29, 0.717) is 21.8 Å². The number of primary amides is 1. The van der Waals surface area contributed by atoms with Crippen LogP contribution in [0.1, 0.15) is 15.9 Å². The number of carboxylic acid groups (broad SMARTS) is 1. The Bertz CT molecular complexity index is 1290. The number of nitrogens with zero attached hydrogens (tertiary/aromatic N) is 1. The summed E-state index contributed by atoms with van der Waals surface area (Å²) in [5, 5.41) is 9.85. The van der Waals surface area contributed by atoms with E-state index in [2.05, 4.69) is 0 Å². The molecule has 3 aromatic carbocycles. The minimum Gasteiger partial charge on any atom is -0.481 e. The van der Waals surface area contributed by atoms with E-state index < -0.39 is 30.1 Å². The molecule has 0 fully saturated rings. The van der Waals surface area contributed by atoms with E-state index in [4.69, 9.17) is 15.6 Å². The van der Waals surface area contributed by atoms with Crippen molar-refractivity contribution in [2.24, 2.45) is 5.73 Å². The first kappa shape index (κ1) is 19.4. The Hall–Kier alpha value is -3.94. The monoisotopic (exact) mass is 410 g/mol. The number of hydrogen-bond acceptors (Lipinski definition) is 3. The average Bonchev–Trinajstić information content (AvgIpc) is 3.03. The van der Waals surface area contributed by atoms with Crippen LogP contribution in [0.15, 0.2) is 54.6 Å². The quantitative estimate of drug-likeness (QED) is 0.507. The third-order valence-electron chi connectivity index (χ3n) is 4.87. The lowest BCUT2D eigenvalue weighted by atomic mass is 10.1. The van der Waals surface area contributed by atoms with E-state index in [9.17, 15) is 18.4 Å². The van der Waals surface area contributed by atoms with Gasteiger partial charge in [0.2, 0.25) is 5.91 Å². The van der Waals surface area contributed by atoms with E-state index in [0.717, 1.165) is 0 Å². The molecule has 0 saturated heterocycles. The van der Waals surface area contributed by atoms with Gasteiger partial charge in [-0.3, -0.25) is 4.79 Å². The number of hydrogen-bond donors (Lipinski definition) is 2. The Labute approximate surface area is 169 Å². The molecule has 1 aromatic heterocycles. The SMILES string of the molecule is NC(=O)c1cccc2c1c1c(OCC(=O)O)cccc1n2Cc1c(F)cccc1F. The minimum absolute atomic E-state index is 0.141. The molecule has 0 aliphatic carbocycles. The molecule has 4 aromatic rings. The van der Waals surface area contributed by atoms with Gasteiger partial charge in [0.1, 0.15) is 17.4 Å². The second kappa shape index (κ2) is 7.47.